The molecule has 2 aromatic rings. The molecular formula is C18H19NO3. The highest BCUT2D eigenvalue weighted by atomic mass is 16.5. The molecule has 22 heavy (non-hydrogen) atoms. The molecule has 0 heterocycles. The first-order chi connectivity index (χ1) is 10.7. The van der Waals surface area contributed by atoms with Crippen LogP contribution in [0.5, 0.6) is 5.75 Å². The van der Waals surface area contributed by atoms with Crippen molar-refractivity contribution in [1.82, 2.24) is 0 Å². The minimum absolute atomic E-state index is 0.339. The molecule has 0 saturated carbocycles. The lowest BCUT2D eigenvalue weighted by Crippen LogP contribution is -2.08. The van der Waals surface area contributed by atoms with Crippen molar-refractivity contribution in [2.75, 3.05) is 12.3 Å². The fourth-order valence-electron chi connectivity index (χ4n) is 1.94. The zero-order valence-corrected chi connectivity index (χ0v) is 12.4. The largest absolute Gasteiger partial charge is 0.479 e. The van der Waals surface area contributed by atoms with Crippen LogP contribution in [-0.2, 0) is 9.53 Å². The van der Waals surface area contributed by atoms with Crippen LogP contribution < -0.4 is 10.5 Å². The molecule has 1 unspecified atom stereocenters. The molecule has 2 rings (SSSR count). The number of benzene rings is 2. The average molecular weight is 297 g/mol. The average Bonchev–Trinajstić information content (AvgIpc) is 2.54. The summed E-state index contributed by atoms with van der Waals surface area (Å²) < 4.78 is 10.8. The molecule has 0 aromatic heterocycles. The maximum absolute atomic E-state index is 11.5. The van der Waals surface area contributed by atoms with Gasteiger partial charge in [-0.3, -0.25) is 0 Å². The first-order valence-corrected chi connectivity index (χ1v) is 7.11. The lowest BCUT2D eigenvalue weighted by Gasteiger charge is -2.17. The molecule has 2 aromatic carbocycles. The van der Waals surface area contributed by atoms with Crippen molar-refractivity contribution in [2.45, 2.75) is 13.0 Å². The molecular weight excluding hydrogens is 278 g/mol. The van der Waals surface area contributed by atoms with Gasteiger partial charge in [0.2, 0.25) is 0 Å². The minimum Gasteiger partial charge on any atom is -0.479 e. The number of nitrogen functional groups attached to an aromatic ring is 1. The summed E-state index contributed by atoms with van der Waals surface area (Å²) in [4.78, 5) is 11.5. The molecule has 0 radical (unpaired) electrons. The summed E-state index contributed by atoms with van der Waals surface area (Å²) in [6.45, 7) is 2.10. The van der Waals surface area contributed by atoms with E-state index in [0.717, 1.165) is 5.56 Å². The lowest BCUT2D eigenvalue weighted by molar-refractivity contribution is -0.137. The summed E-state index contributed by atoms with van der Waals surface area (Å²) in [5.41, 5.74) is 7.38. The Kier molecular flexibility index (Phi) is 5.60. The third-order valence-electron chi connectivity index (χ3n) is 2.99. The van der Waals surface area contributed by atoms with Crippen LogP contribution >= 0.6 is 0 Å². The van der Waals surface area contributed by atoms with E-state index in [2.05, 4.69) is 0 Å². The van der Waals surface area contributed by atoms with E-state index in [0.29, 0.717) is 18.0 Å². The van der Waals surface area contributed by atoms with Crippen LogP contribution in [0.15, 0.2) is 66.7 Å². The Morgan fingerprint density at radius 3 is 2.50 bits per heavy atom. The van der Waals surface area contributed by atoms with Crippen LogP contribution in [0.1, 0.15) is 18.6 Å². The van der Waals surface area contributed by atoms with Crippen molar-refractivity contribution in [3.63, 3.8) is 0 Å². The van der Waals surface area contributed by atoms with Gasteiger partial charge in [0.1, 0.15) is 11.9 Å². The summed E-state index contributed by atoms with van der Waals surface area (Å²) in [7, 11) is 0. The molecule has 0 amide bonds. The number of carbonyl (C=O) groups excluding carboxylic acids is 1. The third kappa shape index (κ3) is 4.38. The van der Waals surface area contributed by atoms with Crippen molar-refractivity contribution in [3.8, 4) is 5.75 Å². The number of ether oxygens (including phenoxy) is 2. The smallest absolute Gasteiger partial charge is 0.330 e. The summed E-state index contributed by atoms with van der Waals surface area (Å²) in [6, 6.07) is 16.9. The van der Waals surface area contributed by atoms with Gasteiger partial charge in [0.25, 0.3) is 0 Å². The maximum atomic E-state index is 11.5. The van der Waals surface area contributed by atoms with Gasteiger partial charge < -0.3 is 15.2 Å². The van der Waals surface area contributed by atoms with Gasteiger partial charge in [-0.05, 0) is 30.7 Å². The molecule has 0 saturated heterocycles. The molecule has 0 aliphatic carbocycles. The maximum Gasteiger partial charge on any atom is 0.330 e. The van der Waals surface area contributed by atoms with Crippen LogP contribution in [0.4, 0.5) is 5.69 Å². The molecule has 1 atom stereocenters. The van der Waals surface area contributed by atoms with Gasteiger partial charge in [-0.25, -0.2) is 4.79 Å². The Balaban J connectivity index is 2.22. The first-order valence-electron chi connectivity index (χ1n) is 7.11. The van der Waals surface area contributed by atoms with Crippen LogP contribution in [0.25, 0.3) is 0 Å². The van der Waals surface area contributed by atoms with Crippen LogP contribution in [0, 0.1) is 0 Å². The molecule has 0 bridgehead atoms. The first kappa shape index (κ1) is 15.6. The van der Waals surface area contributed by atoms with Gasteiger partial charge in [-0.1, -0.05) is 42.5 Å². The van der Waals surface area contributed by atoms with Crippen molar-refractivity contribution >= 4 is 11.7 Å². The number of nitrogens with two attached hydrogens (primary N) is 1. The fourth-order valence-corrected chi connectivity index (χ4v) is 1.94. The number of para-hydroxylation sites is 2. The standard InChI is InChI=1S/C18H19NO3/c1-2-21-18(20)13-12-16(14-8-4-3-5-9-14)22-17-11-7-6-10-15(17)19/h3-13,16H,2,19H2,1H3/b13-12+. The highest BCUT2D eigenvalue weighted by Gasteiger charge is 2.12. The predicted molar refractivity (Wildman–Crippen MR) is 86.4 cm³/mol. The van der Waals surface area contributed by atoms with E-state index in [-0.39, 0.29) is 0 Å². The van der Waals surface area contributed by atoms with Crippen molar-refractivity contribution in [2.24, 2.45) is 0 Å². The van der Waals surface area contributed by atoms with Crippen LogP contribution in [0.2, 0.25) is 0 Å². The highest BCUT2D eigenvalue weighted by molar-refractivity contribution is 5.82. The Bertz CT molecular complexity index is 638. The van der Waals surface area contributed by atoms with E-state index in [4.69, 9.17) is 15.2 Å². The second-order valence-corrected chi connectivity index (χ2v) is 4.60. The zero-order valence-electron chi connectivity index (χ0n) is 12.4. The summed E-state index contributed by atoms with van der Waals surface area (Å²) in [6.07, 6.45) is 2.62. The molecule has 2 N–H and O–H groups in total. The van der Waals surface area contributed by atoms with Gasteiger partial charge in [0.15, 0.2) is 0 Å². The molecule has 0 aliphatic heterocycles. The van der Waals surface area contributed by atoms with E-state index in [1.807, 2.05) is 42.5 Å². The topological polar surface area (TPSA) is 61.5 Å². The number of anilines is 1. The molecule has 0 aliphatic rings. The number of hydrogen-bond donors (Lipinski definition) is 1. The van der Waals surface area contributed by atoms with Gasteiger partial charge in [-0.2, -0.15) is 0 Å². The number of hydrogen-bond acceptors (Lipinski definition) is 4. The SMILES string of the molecule is CCOC(=O)/C=C/C(Oc1ccccc1N)c1ccccc1. The quantitative estimate of drug-likeness (QED) is 0.503. The van der Waals surface area contributed by atoms with Crippen molar-refractivity contribution < 1.29 is 14.3 Å². The van der Waals surface area contributed by atoms with E-state index in [9.17, 15) is 4.79 Å². The molecule has 4 nitrogen and oxygen atoms in total. The van der Waals surface area contributed by atoms with E-state index < -0.39 is 12.1 Å². The van der Waals surface area contributed by atoms with Crippen LogP contribution in [0.3, 0.4) is 0 Å². The molecule has 0 fully saturated rings. The van der Waals surface area contributed by atoms with E-state index >= 15 is 0 Å². The Morgan fingerprint density at radius 2 is 1.82 bits per heavy atom. The summed E-state index contributed by atoms with van der Waals surface area (Å²) >= 11 is 0. The third-order valence-corrected chi connectivity index (χ3v) is 2.99. The Hall–Kier alpha value is -2.75. The summed E-state index contributed by atoms with van der Waals surface area (Å²) in [5, 5.41) is 0. The normalized spacial score (nSPS) is 12.0. The lowest BCUT2D eigenvalue weighted by atomic mass is 10.1. The zero-order chi connectivity index (χ0) is 15.8. The van der Waals surface area contributed by atoms with Gasteiger partial charge in [-0.15, -0.1) is 0 Å². The second-order valence-electron chi connectivity index (χ2n) is 4.60. The fraction of sp³-hybridized carbons (Fsp3) is 0.167. The number of esters is 1. The highest BCUT2D eigenvalue weighted by Crippen LogP contribution is 2.27. The number of carbonyl (C=O) groups is 1. The van der Waals surface area contributed by atoms with E-state index in [1.54, 1.807) is 25.1 Å². The van der Waals surface area contributed by atoms with Crippen molar-refractivity contribution in [3.05, 3.63) is 72.3 Å². The summed E-state index contributed by atoms with van der Waals surface area (Å²) in [5.74, 6) is 0.179. The minimum atomic E-state index is -0.421. The van der Waals surface area contributed by atoms with Crippen LogP contribution in [-0.4, -0.2) is 12.6 Å². The van der Waals surface area contributed by atoms with Gasteiger partial charge >= 0.3 is 5.97 Å². The van der Waals surface area contributed by atoms with Gasteiger partial charge in [0.05, 0.1) is 12.3 Å². The molecule has 0 spiro atoms. The Labute approximate surface area is 130 Å². The Morgan fingerprint density at radius 1 is 1.14 bits per heavy atom. The molecule has 4 heteroatoms. The molecule has 114 valence electrons. The second kappa shape index (κ2) is 7.88. The predicted octanol–water partition coefficient (Wildman–Crippen LogP) is 3.51. The van der Waals surface area contributed by atoms with Crippen molar-refractivity contribution in [1.29, 1.82) is 0 Å². The van der Waals surface area contributed by atoms with Gasteiger partial charge in [0, 0.05) is 6.08 Å². The van der Waals surface area contributed by atoms with E-state index in [1.165, 1.54) is 6.08 Å². The number of rotatable bonds is 6. The monoisotopic (exact) mass is 297 g/mol.